The average Bonchev–Trinajstić information content (AvgIpc) is 3.08. The number of nitrogens with one attached hydrogen (secondary N) is 2. The summed E-state index contributed by atoms with van der Waals surface area (Å²) < 4.78 is 55.0. The smallest absolute Gasteiger partial charge is 0.269 e. The standard InChI is InChI=1S/C18H21ClF2N4O3S/c1-25-9-15(22-11-25)12-7-13(16(20)14(19)8-12)17(26)23-24-29(27,28)10-18(21)5-3-2-4-6-18/h7-9,11,24H,2-6,10H2,1H3,(H,23,26). The van der Waals surface area contributed by atoms with E-state index in [-0.39, 0.29) is 17.9 Å². The van der Waals surface area contributed by atoms with Crippen LogP contribution in [0, 0.1) is 5.82 Å². The molecule has 1 amide bonds. The summed E-state index contributed by atoms with van der Waals surface area (Å²) in [5.41, 5.74) is 0.478. The molecule has 1 fully saturated rings. The van der Waals surface area contributed by atoms with Crippen LogP contribution in [0.5, 0.6) is 0 Å². The van der Waals surface area contributed by atoms with E-state index in [1.807, 2.05) is 10.3 Å². The van der Waals surface area contributed by atoms with Gasteiger partial charge in [0.2, 0.25) is 10.0 Å². The third kappa shape index (κ3) is 5.31. The summed E-state index contributed by atoms with van der Waals surface area (Å²) in [7, 11) is -2.41. The Balaban J connectivity index is 1.74. The van der Waals surface area contributed by atoms with Gasteiger partial charge < -0.3 is 4.57 Å². The van der Waals surface area contributed by atoms with Crippen LogP contribution >= 0.6 is 11.6 Å². The first-order chi connectivity index (χ1) is 13.6. The highest BCUT2D eigenvalue weighted by molar-refractivity contribution is 7.89. The van der Waals surface area contributed by atoms with Crippen molar-refractivity contribution in [1.29, 1.82) is 0 Å². The molecular formula is C18H21ClF2N4O3S. The molecule has 0 spiro atoms. The highest BCUT2D eigenvalue weighted by atomic mass is 35.5. The van der Waals surface area contributed by atoms with E-state index in [9.17, 15) is 22.0 Å². The fourth-order valence-electron chi connectivity index (χ4n) is 3.36. The van der Waals surface area contributed by atoms with Crippen LogP contribution in [0.15, 0.2) is 24.7 Å². The Morgan fingerprint density at radius 3 is 2.62 bits per heavy atom. The second kappa shape index (κ2) is 8.37. The van der Waals surface area contributed by atoms with E-state index >= 15 is 0 Å². The lowest BCUT2D eigenvalue weighted by atomic mass is 9.88. The third-order valence-electron chi connectivity index (χ3n) is 4.79. The van der Waals surface area contributed by atoms with Crippen LogP contribution in [-0.2, 0) is 17.1 Å². The number of carbonyl (C=O) groups is 1. The number of hydrogen-bond acceptors (Lipinski definition) is 4. The fourth-order valence-corrected chi connectivity index (χ4v) is 4.87. The largest absolute Gasteiger partial charge is 0.340 e. The van der Waals surface area contributed by atoms with Gasteiger partial charge in [-0.05, 0) is 25.0 Å². The Morgan fingerprint density at radius 1 is 1.31 bits per heavy atom. The minimum Gasteiger partial charge on any atom is -0.340 e. The van der Waals surface area contributed by atoms with E-state index in [0.717, 1.165) is 6.42 Å². The summed E-state index contributed by atoms with van der Waals surface area (Å²) >= 11 is 5.88. The molecule has 1 aromatic heterocycles. The van der Waals surface area contributed by atoms with Crippen molar-refractivity contribution in [3.63, 3.8) is 0 Å². The second-order valence-corrected chi connectivity index (χ2v) is 9.40. The van der Waals surface area contributed by atoms with Crippen LogP contribution in [-0.4, -0.2) is 35.3 Å². The summed E-state index contributed by atoms with van der Waals surface area (Å²) in [5.74, 6) is -2.82. The number of carbonyl (C=O) groups excluding carboxylic acids is 1. The van der Waals surface area contributed by atoms with Gasteiger partial charge in [0, 0.05) is 18.8 Å². The van der Waals surface area contributed by atoms with Crippen LogP contribution in [0.3, 0.4) is 0 Å². The molecule has 0 unspecified atom stereocenters. The number of hydrogen-bond donors (Lipinski definition) is 2. The van der Waals surface area contributed by atoms with Gasteiger partial charge in [-0.3, -0.25) is 10.2 Å². The number of benzene rings is 1. The molecule has 1 aliphatic rings. The van der Waals surface area contributed by atoms with Crippen LogP contribution in [0.25, 0.3) is 11.3 Å². The van der Waals surface area contributed by atoms with Crippen molar-refractivity contribution in [2.45, 2.75) is 37.8 Å². The summed E-state index contributed by atoms with van der Waals surface area (Å²) in [6, 6.07) is 2.53. The number of rotatable bonds is 6. The molecule has 1 saturated carbocycles. The Bertz CT molecular complexity index is 1020. The molecule has 2 N–H and O–H groups in total. The van der Waals surface area contributed by atoms with Gasteiger partial charge in [0.15, 0.2) is 5.82 Å². The molecular weight excluding hydrogens is 426 g/mol. The highest BCUT2D eigenvalue weighted by Crippen LogP contribution is 2.32. The molecule has 2 aromatic rings. The molecule has 7 nitrogen and oxygen atoms in total. The molecule has 0 radical (unpaired) electrons. The molecule has 0 atom stereocenters. The van der Waals surface area contributed by atoms with Gasteiger partial charge in [-0.1, -0.05) is 30.9 Å². The van der Waals surface area contributed by atoms with Crippen molar-refractivity contribution in [3.8, 4) is 11.3 Å². The van der Waals surface area contributed by atoms with Crippen molar-refractivity contribution in [2.24, 2.45) is 7.05 Å². The number of alkyl halides is 1. The molecule has 0 aliphatic heterocycles. The first-order valence-electron chi connectivity index (χ1n) is 9.05. The number of sulfonamides is 1. The molecule has 1 aliphatic carbocycles. The Hall–Kier alpha value is -2.04. The van der Waals surface area contributed by atoms with E-state index in [1.54, 1.807) is 17.8 Å². The van der Waals surface area contributed by atoms with Gasteiger partial charge in [0.25, 0.3) is 5.91 Å². The monoisotopic (exact) mass is 446 g/mol. The highest BCUT2D eigenvalue weighted by Gasteiger charge is 2.37. The van der Waals surface area contributed by atoms with Crippen LogP contribution in [0.4, 0.5) is 8.78 Å². The van der Waals surface area contributed by atoms with Crippen molar-refractivity contribution in [2.75, 3.05) is 5.75 Å². The van der Waals surface area contributed by atoms with E-state index < -0.39 is 38.7 Å². The van der Waals surface area contributed by atoms with E-state index in [4.69, 9.17) is 11.6 Å². The SMILES string of the molecule is Cn1cnc(-c2cc(Cl)c(F)c(C(=O)NNS(=O)(=O)CC3(F)CCCCC3)c2)c1. The Kier molecular flexibility index (Phi) is 6.25. The Morgan fingerprint density at radius 2 is 2.00 bits per heavy atom. The normalized spacial score (nSPS) is 16.6. The predicted octanol–water partition coefficient (Wildman–Crippen LogP) is 3.12. The summed E-state index contributed by atoms with van der Waals surface area (Å²) in [6.45, 7) is 0. The van der Waals surface area contributed by atoms with Crippen LogP contribution < -0.4 is 10.3 Å². The minimum absolute atomic E-state index is 0.151. The van der Waals surface area contributed by atoms with Crippen molar-refractivity contribution in [3.05, 3.63) is 41.1 Å². The zero-order chi connectivity index (χ0) is 21.2. The first-order valence-corrected chi connectivity index (χ1v) is 11.1. The molecule has 11 heteroatoms. The maximum atomic E-state index is 14.7. The fraction of sp³-hybridized carbons (Fsp3) is 0.444. The lowest BCUT2D eigenvalue weighted by Crippen LogP contribution is -2.47. The summed E-state index contributed by atoms with van der Waals surface area (Å²) in [4.78, 5) is 18.3. The van der Waals surface area contributed by atoms with Gasteiger partial charge in [-0.15, -0.1) is 4.83 Å². The molecule has 29 heavy (non-hydrogen) atoms. The summed E-state index contributed by atoms with van der Waals surface area (Å²) in [6.07, 6.45) is 5.57. The van der Waals surface area contributed by atoms with Gasteiger partial charge in [0.05, 0.1) is 28.4 Å². The lowest BCUT2D eigenvalue weighted by molar-refractivity contribution is 0.0939. The number of halogens is 3. The zero-order valence-electron chi connectivity index (χ0n) is 15.7. The molecule has 1 aromatic carbocycles. The molecule has 0 saturated heterocycles. The minimum atomic E-state index is -4.15. The van der Waals surface area contributed by atoms with E-state index in [0.29, 0.717) is 24.1 Å². The van der Waals surface area contributed by atoms with Crippen molar-refractivity contribution >= 4 is 27.5 Å². The van der Waals surface area contributed by atoms with Crippen molar-refractivity contribution in [1.82, 2.24) is 19.8 Å². The summed E-state index contributed by atoms with van der Waals surface area (Å²) in [5, 5.41) is -0.314. The third-order valence-corrected chi connectivity index (χ3v) is 6.38. The molecule has 3 rings (SSSR count). The number of aryl methyl sites for hydroxylation is 1. The first kappa shape index (κ1) is 21.7. The zero-order valence-corrected chi connectivity index (χ0v) is 17.3. The number of nitrogens with zero attached hydrogens (tertiary/aromatic N) is 2. The number of amides is 1. The number of hydrazine groups is 1. The van der Waals surface area contributed by atoms with E-state index in [1.165, 1.54) is 18.5 Å². The van der Waals surface area contributed by atoms with Gasteiger partial charge >= 0.3 is 0 Å². The lowest BCUT2D eigenvalue weighted by Gasteiger charge is -2.28. The van der Waals surface area contributed by atoms with Gasteiger partial charge in [-0.2, -0.15) is 0 Å². The molecule has 1 heterocycles. The van der Waals surface area contributed by atoms with Crippen LogP contribution in [0.2, 0.25) is 5.02 Å². The van der Waals surface area contributed by atoms with Crippen molar-refractivity contribution < 1.29 is 22.0 Å². The van der Waals surface area contributed by atoms with Gasteiger partial charge in [0.1, 0.15) is 5.67 Å². The number of imidazole rings is 1. The maximum absolute atomic E-state index is 14.7. The topological polar surface area (TPSA) is 93.1 Å². The van der Waals surface area contributed by atoms with Gasteiger partial charge in [-0.25, -0.2) is 22.2 Å². The van der Waals surface area contributed by atoms with E-state index in [2.05, 4.69) is 4.98 Å². The predicted molar refractivity (Wildman–Crippen MR) is 105 cm³/mol. The average molecular weight is 447 g/mol. The molecule has 0 bridgehead atoms. The quantitative estimate of drug-likeness (QED) is 0.667. The second-order valence-electron chi connectivity index (χ2n) is 7.27. The van der Waals surface area contributed by atoms with Crippen LogP contribution in [0.1, 0.15) is 42.5 Å². The Labute approximate surface area is 172 Å². The number of aromatic nitrogens is 2. The molecule has 158 valence electrons. The maximum Gasteiger partial charge on any atom is 0.269 e.